The first-order valence-electron chi connectivity index (χ1n) is 8.58. The van der Waals surface area contributed by atoms with Crippen molar-refractivity contribution in [1.29, 1.82) is 0 Å². The lowest BCUT2D eigenvalue weighted by atomic mass is 10.2. The molecule has 0 aliphatic rings. The van der Waals surface area contributed by atoms with Crippen molar-refractivity contribution in [3.8, 4) is 5.75 Å². The van der Waals surface area contributed by atoms with Gasteiger partial charge in [-0.15, -0.1) is 6.58 Å². The number of methoxy groups -OCH3 is 1. The van der Waals surface area contributed by atoms with E-state index in [1.807, 2.05) is 13.8 Å². The number of carbonyl (C=O) groups excluding carboxylic acids is 1. The predicted molar refractivity (Wildman–Crippen MR) is 112 cm³/mol. The number of halogens is 1. The van der Waals surface area contributed by atoms with Gasteiger partial charge in [0.25, 0.3) is 15.9 Å². The average Bonchev–Trinajstić information content (AvgIpc) is 2.65. The number of ether oxygens (including phenoxy) is 1. The van der Waals surface area contributed by atoms with Crippen molar-refractivity contribution in [2.75, 3.05) is 18.0 Å². The van der Waals surface area contributed by atoms with Crippen molar-refractivity contribution < 1.29 is 17.9 Å². The highest BCUT2D eigenvalue weighted by Gasteiger charge is 2.26. The lowest BCUT2D eigenvalue weighted by Gasteiger charge is -2.24. The van der Waals surface area contributed by atoms with Crippen LogP contribution in [0.2, 0.25) is 5.02 Å². The Labute approximate surface area is 170 Å². The Hall–Kier alpha value is -2.51. The Morgan fingerprint density at radius 3 is 2.43 bits per heavy atom. The summed E-state index contributed by atoms with van der Waals surface area (Å²) in [6.45, 7) is 7.32. The molecule has 0 aromatic heterocycles. The maximum absolute atomic E-state index is 13.3. The minimum absolute atomic E-state index is 0.0384. The number of anilines is 1. The van der Waals surface area contributed by atoms with Crippen LogP contribution in [0.1, 0.15) is 24.2 Å². The van der Waals surface area contributed by atoms with E-state index in [1.165, 1.54) is 35.7 Å². The second-order valence-electron chi connectivity index (χ2n) is 6.29. The monoisotopic (exact) mass is 422 g/mol. The van der Waals surface area contributed by atoms with Gasteiger partial charge < -0.3 is 10.1 Å². The summed E-state index contributed by atoms with van der Waals surface area (Å²) in [5, 5.41) is 2.89. The van der Waals surface area contributed by atoms with Gasteiger partial charge in [-0.2, -0.15) is 0 Å². The van der Waals surface area contributed by atoms with Crippen molar-refractivity contribution in [2.24, 2.45) is 0 Å². The molecule has 1 amide bonds. The van der Waals surface area contributed by atoms with Gasteiger partial charge in [0, 0.05) is 6.04 Å². The number of carbonyl (C=O) groups is 1. The zero-order chi connectivity index (χ0) is 20.9. The molecule has 150 valence electrons. The first kappa shape index (κ1) is 21.8. The maximum Gasteiger partial charge on any atom is 0.264 e. The van der Waals surface area contributed by atoms with Crippen LogP contribution in [-0.2, 0) is 10.0 Å². The van der Waals surface area contributed by atoms with E-state index >= 15 is 0 Å². The van der Waals surface area contributed by atoms with E-state index in [0.29, 0.717) is 11.4 Å². The number of benzene rings is 2. The normalized spacial score (nSPS) is 11.2. The first-order chi connectivity index (χ1) is 13.2. The minimum Gasteiger partial charge on any atom is -0.497 e. The fraction of sp³-hybridized carbons (Fsp3) is 0.250. The van der Waals surface area contributed by atoms with Gasteiger partial charge >= 0.3 is 0 Å². The molecule has 0 fully saturated rings. The third kappa shape index (κ3) is 4.85. The smallest absolute Gasteiger partial charge is 0.264 e. The van der Waals surface area contributed by atoms with Crippen LogP contribution in [0.15, 0.2) is 60.0 Å². The molecule has 0 aliphatic carbocycles. The molecule has 0 atom stereocenters. The lowest BCUT2D eigenvalue weighted by Crippen LogP contribution is -2.32. The van der Waals surface area contributed by atoms with Crippen molar-refractivity contribution in [3.05, 3.63) is 65.7 Å². The Morgan fingerprint density at radius 1 is 1.25 bits per heavy atom. The summed E-state index contributed by atoms with van der Waals surface area (Å²) in [4.78, 5) is 12.3. The zero-order valence-corrected chi connectivity index (χ0v) is 17.5. The van der Waals surface area contributed by atoms with Gasteiger partial charge in [0.1, 0.15) is 5.75 Å². The Bertz CT molecular complexity index is 957. The first-order valence-corrected chi connectivity index (χ1v) is 10.4. The fourth-order valence-corrected chi connectivity index (χ4v) is 4.18. The number of nitrogens with one attached hydrogen (secondary N) is 1. The highest BCUT2D eigenvalue weighted by molar-refractivity contribution is 7.92. The summed E-state index contributed by atoms with van der Waals surface area (Å²) in [7, 11) is -2.42. The maximum atomic E-state index is 13.3. The molecule has 0 bridgehead atoms. The highest BCUT2D eigenvalue weighted by atomic mass is 35.5. The van der Waals surface area contributed by atoms with Gasteiger partial charge in [-0.3, -0.25) is 9.10 Å². The molecule has 28 heavy (non-hydrogen) atoms. The van der Waals surface area contributed by atoms with E-state index in [-0.39, 0.29) is 28.1 Å². The standard InChI is InChI=1S/C20H23ClN2O4S/c1-5-12-23(15-6-8-16(27-4)9-7-15)28(25,26)17-10-11-19(21)18(13-17)20(24)22-14(2)3/h5-11,13-14H,1,12H2,2-4H3,(H,22,24). The summed E-state index contributed by atoms with van der Waals surface area (Å²) < 4.78 is 32.8. The van der Waals surface area contributed by atoms with Gasteiger partial charge in [0.05, 0.1) is 34.8 Å². The van der Waals surface area contributed by atoms with E-state index in [4.69, 9.17) is 16.3 Å². The predicted octanol–water partition coefficient (Wildman–Crippen LogP) is 3.87. The van der Waals surface area contributed by atoms with Gasteiger partial charge in [0.2, 0.25) is 0 Å². The number of nitrogens with zero attached hydrogens (tertiary/aromatic N) is 1. The molecule has 2 aromatic carbocycles. The number of hydrogen-bond acceptors (Lipinski definition) is 4. The molecular weight excluding hydrogens is 400 g/mol. The van der Waals surface area contributed by atoms with Crippen molar-refractivity contribution in [2.45, 2.75) is 24.8 Å². The molecule has 0 unspecified atom stereocenters. The van der Waals surface area contributed by atoms with Gasteiger partial charge in [0.15, 0.2) is 0 Å². The molecule has 0 saturated heterocycles. The van der Waals surface area contributed by atoms with Crippen molar-refractivity contribution in [3.63, 3.8) is 0 Å². The molecule has 0 spiro atoms. The summed E-state index contributed by atoms with van der Waals surface area (Å²) >= 11 is 6.12. The largest absolute Gasteiger partial charge is 0.497 e. The molecule has 0 saturated carbocycles. The number of amides is 1. The summed E-state index contributed by atoms with van der Waals surface area (Å²) in [5.41, 5.74) is 0.550. The van der Waals surface area contributed by atoms with E-state index in [1.54, 1.807) is 24.3 Å². The fourth-order valence-electron chi connectivity index (χ4n) is 2.51. The summed E-state index contributed by atoms with van der Waals surface area (Å²) in [5.74, 6) is 0.176. The molecule has 2 rings (SSSR count). The molecule has 1 N–H and O–H groups in total. The summed E-state index contributed by atoms with van der Waals surface area (Å²) in [6.07, 6.45) is 1.49. The Kier molecular flexibility index (Phi) is 7.10. The van der Waals surface area contributed by atoms with Crippen LogP contribution in [0.3, 0.4) is 0 Å². The summed E-state index contributed by atoms with van der Waals surface area (Å²) in [6, 6.07) is 10.6. The molecule has 8 heteroatoms. The SMILES string of the molecule is C=CCN(c1ccc(OC)cc1)S(=O)(=O)c1ccc(Cl)c(C(=O)NC(C)C)c1. The third-order valence-corrected chi connectivity index (χ3v) is 5.96. The second-order valence-corrected chi connectivity index (χ2v) is 8.56. The van der Waals surface area contributed by atoms with Crippen LogP contribution in [-0.4, -0.2) is 34.0 Å². The molecular formula is C20H23ClN2O4S. The Morgan fingerprint density at radius 2 is 1.89 bits per heavy atom. The lowest BCUT2D eigenvalue weighted by molar-refractivity contribution is 0.0943. The van der Waals surface area contributed by atoms with E-state index in [0.717, 1.165) is 0 Å². The highest BCUT2D eigenvalue weighted by Crippen LogP contribution is 2.28. The van der Waals surface area contributed by atoms with Crippen LogP contribution in [0, 0.1) is 0 Å². The van der Waals surface area contributed by atoms with Gasteiger partial charge in [-0.1, -0.05) is 17.7 Å². The molecule has 0 heterocycles. The van der Waals surface area contributed by atoms with Crippen molar-refractivity contribution in [1.82, 2.24) is 5.32 Å². The van der Waals surface area contributed by atoms with Crippen LogP contribution >= 0.6 is 11.6 Å². The zero-order valence-electron chi connectivity index (χ0n) is 16.0. The molecule has 6 nitrogen and oxygen atoms in total. The molecule has 0 radical (unpaired) electrons. The van der Waals surface area contributed by atoms with E-state index < -0.39 is 15.9 Å². The van der Waals surface area contributed by atoms with Crippen LogP contribution in [0.25, 0.3) is 0 Å². The number of rotatable bonds is 8. The van der Waals surface area contributed by atoms with Crippen LogP contribution in [0.4, 0.5) is 5.69 Å². The number of hydrogen-bond donors (Lipinski definition) is 1. The van der Waals surface area contributed by atoms with E-state index in [9.17, 15) is 13.2 Å². The molecule has 0 aliphatic heterocycles. The van der Waals surface area contributed by atoms with Gasteiger partial charge in [-0.05, 0) is 56.3 Å². The molecule has 2 aromatic rings. The van der Waals surface area contributed by atoms with Crippen LogP contribution < -0.4 is 14.4 Å². The van der Waals surface area contributed by atoms with E-state index in [2.05, 4.69) is 11.9 Å². The quantitative estimate of drug-likeness (QED) is 0.655. The average molecular weight is 423 g/mol. The topological polar surface area (TPSA) is 75.7 Å². The Balaban J connectivity index is 2.49. The number of sulfonamides is 1. The minimum atomic E-state index is -3.95. The van der Waals surface area contributed by atoms with Crippen molar-refractivity contribution >= 4 is 33.2 Å². The van der Waals surface area contributed by atoms with Crippen LogP contribution in [0.5, 0.6) is 5.75 Å². The second kappa shape index (κ2) is 9.12. The van der Waals surface area contributed by atoms with Gasteiger partial charge in [-0.25, -0.2) is 8.42 Å². The third-order valence-electron chi connectivity index (χ3n) is 3.85.